The first-order valence-corrected chi connectivity index (χ1v) is 17.6. The highest BCUT2D eigenvalue weighted by molar-refractivity contribution is 5.83. The summed E-state index contributed by atoms with van der Waals surface area (Å²) < 4.78 is 6.12. The zero-order valence-electron chi connectivity index (χ0n) is 29.2. The molecule has 10 nitrogen and oxygen atoms in total. The number of β-amino-alcohol motifs (C(OH)–C–C–N with tert-alkyl or cyclic N) is 1. The Morgan fingerprint density at radius 3 is 2.50 bits per heavy atom. The Labute approximate surface area is 294 Å². The van der Waals surface area contributed by atoms with E-state index in [1.165, 1.54) is 0 Å². The van der Waals surface area contributed by atoms with E-state index in [1.807, 2.05) is 111 Å². The van der Waals surface area contributed by atoms with Crippen LogP contribution in [0.5, 0.6) is 0 Å². The van der Waals surface area contributed by atoms with Gasteiger partial charge in [0.25, 0.3) is 0 Å². The number of pyridine rings is 1. The maximum Gasteiger partial charge on any atom is 0.239 e. The lowest BCUT2D eigenvalue weighted by Gasteiger charge is -2.42. The number of hydrogen-bond acceptors (Lipinski definition) is 8. The smallest absolute Gasteiger partial charge is 0.239 e. The average Bonchev–Trinajstić information content (AvgIpc) is 3.69. The molecular formula is C40H49N5O5. The van der Waals surface area contributed by atoms with Crippen molar-refractivity contribution in [2.45, 2.75) is 76.4 Å². The van der Waals surface area contributed by atoms with Crippen LogP contribution < -0.4 is 10.6 Å². The second-order valence-corrected chi connectivity index (χ2v) is 14.7. The molecule has 0 bridgehead atoms. The second kappa shape index (κ2) is 15.7. The van der Waals surface area contributed by atoms with Crippen molar-refractivity contribution in [1.29, 1.82) is 0 Å². The zero-order chi connectivity index (χ0) is 35.3. The summed E-state index contributed by atoms with van der Waals surface area (Å²) in [7, 11) is 0. The van der Waals surface area contributed by atoms with E-state index in [9.17, 15) is 19.8 Å². The molecule has 6 rings (SSSR count). The molecule has 0 unspecified atom stereocenters. The number of carbonyl (C=O) groups is 2. The third-order valence-corrected chi connectivity index (χ3v) is 9.53. The number of piperazine rings is 1. The first kappa shape index (κ1) is 35.5. The van der Waals surface area contributed by atoms with E-state index in [0.29, 0.717) is 44.8 Å². The molecular weight excluding hydrogens is 630 g/mol. The SMILES string of the molecule is CC(C)(C)NC(=O)[C@@H]1CN(Cc2ccc(-c3ccccn3)o2)CCN1C[C@@H](O)C[C@@H](Cc1ccccc1)C(=O)N[C@H]1c2ccccc2C[C@H]1O. The summed E-state index contributed by atoms with van der Waals surface area (Å²) in [5.74, 6) is 0.645. The van der Waals surface area contributed by atoms with Crippen LogP contribution in [0.1, 0.15) is 55.7 Å². The van der Waals surface area contributed by atoms with Crippen LogP contribution in [0, 0.1) is 5.92 Å². The van der Waals surface area contributed by atoms with Gasteiger partial charge in [-0.3, -0.25) is 24.4 Å². The number of rotatable bonds is 12. The Morgan fingerprint density at radius 2 is 1.74 bits per heavy atom. The van der Waals surface area contributed by atoms with Gasteiger partial charge < -0.3 is 25.3 Å². The first-order chi connectivity index (χ1) is 24.0. The number of nitrogens with zero attached hydrogens (tertiary/aromatic N) is 3. The number of fused-ring (bicyclic) bond motifs is 1. The van der Waals surface area contributed by atoms with Crippen LogP contribution >= 0.6 is 0 Å². The molecule has 10 heteroatoms. The van der Waals surface area contributed by atoms with E-state index in [4.69, 9.17) is 4.42 Å². The predicted octanol–water partition coefficient (Wildman–Crippen LogP) is 4.13. The summed E-state index contributed by atoms with van der Waals surface area (Å²) in [6.07, 6.45) is 1.31. The molecule has 2 amide bonds. The summed E-state index contributed by atoms with van der Waals surface area (Å²) in [6, 6.07) is 26.1. The van der Waals surface area contributed by atoms with Crippen LogP contribution in [0.25, 0.3) is 11.5 Å². The Kier molecular flexibility index (Phi) is 11.1. The molecule has 0 saturated carbocycles. The van der Waals surface area contributed by atoms with E-state index in [1.54, 1.807) is 6.20 Å². The topological polar surface area (TPSA) is 131 Å². The number of carbonyl (C=O) groups excluding carboxylic acids is 2. The van der Waals surface area contributed by atoms with Crippen molar-refractivity contribution in [3.05, 3.63) is 114 Å². The van der Waals surface area contributed by atoms with Crippen molar-refractivity contribution in [3.8, 4) is 11.5 Å². The van der Waals surface area contributed by atoms with Crippen LogP contribution in [-0.2, 0) is 29.0 Å². The summed E-state index contributed by atoms with van der Waals surface area (Å²) >= 11 is 0. The van der Waals surface area contributed by atoms with E-state index in [2.05, 4.69) is 20.5 Å². The number of benzene rings is 2. The van der Waals surface area contributed by atoms with Crippen molar-refractivity contribution in [3.63, 3.8) is 0 Å². The fraction of sp³-hybridized carbons (Fsp3) is 0.425. The molecule has 3 heterocycles. The molecule has 1 fully saturated rings. The minimum absolute atomic E-state index is 0.101. The van der Waals surface area contributed by atoms with Crippen molar-refractivity contribution in [2.24, 2.45) is 5.92 Å². The van der Waals surface area contributed by atoms with Crippen LogP contribution in [0.2, 0.25) is 0 Å². The minimum atomic E-state index is -0.863. The third-order valence-electron chi connectivity index (χ3n) is 9.53. The predicted molar refractivity (Wildman–Crippen MR) is 192 cm³/mol. The molecule has 1 aliphatic heterocycles. The highest BCUT2D eigenvalue weighted by Crippen LogP contribution is 2.32. The number of hydrogen-bond donors (Lipinski definition) is 4. The molecule has 264 valence electrons. The number of aliphatic hydroxyl groups excluding tert-OH is 2. The number of aromatic nitrogens is 1. The van der Waals surface area contributed by atoms with Crippen molar-refractivity contribution < 1.29 is 24.2 Å². The standard InChI is InChI=1S/C40H49N5O5/c1-40(2,3)43-39(49)34-26-44(25-31-16-17-36(50-31)33-15-9-10-18-41-33)19-20-45(34)24-30(46)22-29(21-27-11-5-4-6-12-27)38(48)42-37-32-14-8-7-13-28(32)23-35(37)47/h4-18,29-30,34-35,37,46-47H,19-26H2,1-3H3,(H,42,48)(H,43,49)/t29-,30+,34+,35-,37+/m1/s1. The number of furan rings is 1. The largest absolute Gasteiger partial charge is 0.458 e. The molecule has 2 aliphatic rings. The van der Waals surface area contributed by atoms with Crippen LogP contribution in [-0.4, -0.2) is 86.8 Å². The minimum Gasteiger partial charge on any atom is -0.458 e. The monoisotopic (exact) mass is 679 g/mol. The molecule has 4 aromatic rings. The number of aliphatic hydroxyl groups is 2. The van der Waals surface area contributed by atoms with Gasteiger partial charge in [0.05, 0.1) is 24.8 Å². The molecule has 0 radical (unpaired) electrons. The fourth-order valence-electron chi connectivity index (χ4n) is 7.14. The molecule has 5 atom stereocenters. The Hall–Kier alpha value is -4.35. The normalized spacial score (nSPS) is 20.9. The van der Waals surface area contributed by atoms with Gasteiger partial charge in [-0.05, 0) is 74.6 Å². The van der Waals surface area contributed by atoms with Gasteiger partial charge in [0.15, 0.2) is 5.76 Å². The average molecular weight is 680 g/mol. The highest BCUT2D eigenvalue weighted by Gasteiger charge is 2.37. The maximum absolute atomic E-state index is 13.9. The van der Waals surface area contributed by atoms with Crippen molar-refractivity contribution in [2.75, 3.05) is 26.2 Å². The van der Waals surface area contributed by atoms with Crippen LogP contribution in [0.4, 0.5) is 0 Å². The van der Waals surface area contributed by atoms with Crippen molar-refractivity contribution >= 4 is 11.8 Å². The number of nitrogens with one attached hydrogen (secondary N) is 2. The molecule has 1 saturated heterocycles. The van der Waals surface area contributed by atoms with Gasteiger partial charge in [0.1, 0.15) is 17.5 Å². The fourth-order valence-corrected chi connectivity index (χ4v) is 7.14. The quantitative estimate of drug-likeness (QED) is 0.176. The summed E-state index contributed by atoms with van der Waals surface area (Å²) in [4.78, 5) is 36.2. The van der Waals surface area contributed by atoms with Crippen LogP contribution in [0.15, 0.2) is 95.5 Å². The summed E-state index contributed by atoms with van der Waals surface area (Å²) in [5, 5.41) is 28.7. The second-order valence-electron chi connectivity index (χ2n) is 14.7. The molecule has 1 aliphatic carbocycles. The first-order valence-electron chi connectivity index (χ1n) is 17.6. The van der Waals surface area contributed by atoms with E-state index in [0.717, 1.165) is 28.1 Å². The summed E-state index contributed by atoms with van der Waals surface area (Å²) in [5.41, 5.74) is 3.30. The van der Waals surface area contributed by atoms with Gasteiger partial charge in [-0.2, -0.15) is 0 Å². The highest BCUT2D eigenvalue weighted by atomic mass is 16.3. The molecule has 2 aromatic heterocycles. The lowest BCUT2D eigenvalue weighted by molar-refractivity contribution is -0.132. The lowest BCUT2D eigenvalue weighted by atomic mass is 9.91. The number of amides is 2. The van der Waals surface area contributed by atoms with Gasteiger partial charge >= 0.3 is 0 Å². The van der Waals surface area contributed by atoms with E-state index in [-0.39, 0.29) is 24.8 Å². The lowest BCUT2D eigenvalue weighted by Crippen LogP contribution is -2.61. The third kappa shape index (κ3) is 9.05. The van der Waals surface area contributed by atoms with Crippen LogP contribution in [0.3, 0.4) is 0 Å². The Bertz CT molecular complexity index is 1720. The van der Waals surface area contributed by atoms with E-state index >= 15 is 0 Å². The zero-order valence-corrected chi connectivity index (χ0v) is 29.2. The van der Waals surface area contributed by atoms with Gasteiger partial charge in [0.2, 0.25) is 11.8 Å². The van der Waals surface area contributed by atoms with Gasteiger partial charge in [-0.25, -0.2) is 0 Å². The molecule has 2 aromatic carbocycles. The Balaban J connectivity index is 1.14. The molecule has 4 N–H and O–H groups in total. The maximum atomic E-state index is 13.9. The van der Waals surface area contributed by atoms with Crippen molar-refractivity contribution in [1.82, 2.24) is 25.4 Å². The molecule has 50 heavy (non-hydrogen) atoms. The van der Waals surface area contributed by atoms with Gasteiger partial charge in [-0.1, -0.05) is 60.7 Å². The van der Waals surface area contributed by atoms with Gasteiger partial charge in [-0.15, -0.1) is 0 Å². The summed E-state index contributed by atoms with van der Waals surface area (Å²) in [6.45, 7) is 8.36. The Morgan fingerprint density at radius 1 is 0.980 bits per heavy atom. The van der Waals surface area contributed by atoms with E-state index < -0.39 is 35.7 Å². The van der Waals surface area contributed by atoms with Gasteiger partial charge in [0, 0.05) is 50.3 Å². The molecule has 0 spiro atoms.